The van der Waals surface area contributed by atoms with Gasteiger partial charge in [-0.2, -0.15) is 13.2 Å². The van der Waals surface area contributed by atoms with E-state index in [-0.39, 0.29) is 11.8 Å². The van der Waals surface area contributed by atoms with Crippen molar-refractivity contribution in [2.45, 2.75) is 37.4 Å². The van der Waals surface area contributed by atoms with Crippen LogP contribution in [0.3, 0.4) is 0 Å². The molecule has 44 heavy (non-hydrogen) atoms. The Morgan fingerprint density at radius 2 is 1.50 bits per heavy atom. The first-order valence-corrected chi connectivity index (χ1v) is 14.3. The van der Waals surface area contributed by atoms with Crippen molar-refractivity contribution in [3.8, 4) is 0 Å². The maximum Gasteiger partial charge on any atom is 0.416 e. The van der Waals surface area contributed by atoms with Crippen molar-refractivity contribution in [1.82, 2.24) is 9.80 Å². The largest absolute Gasteiger partial charge is 0.469 e. The Labute approximate surface area is 252 Å². The Bertz CT molecular complexity index is 1480. The van der Waals surface area contributed by atoms with Gasteiger partial charge in [0.25, 0.3) is 5.91 Å². The number of amidine groups is 1. The van der Waals surface area contributed by atoms with E-state index in [1.807, 2.05) is 0 Å². The number of likely N-dealkylation sites (tertiary alicyclic amines) is 1. The smallest absolute Gasteiger partial charge is 0.416 e. The number of carbonyl (C=O) groups excluding carboxylic acids is 2. The average molecular weight is 614 g/mol. The van der Waals surface area contributed by atoms with Crippen molar-refractivity contribution in [2.24, 2.45) is 10.9 Å². The number of halogens is 5. The molecule has 1 amide bonds. The lowest BCUT2D eigenvalue weighted by atomic mass is 9.80. The number of alkyl halides is 3. The number of hydrogen-bond acceptors (Lipinski definition) is 5. The van der Waals surface area contributed by atoms with E-state index in [9.17, 15) is 31.5 Å². The number of rotatable bonds is 8. The predicted octanol–water partition coefficient (Wildman–Crippen LogP) is 6.16. The highest BCUT2D eigenvalue weighted by molar-refractivity contribution is 6.09. The predicted molar refractivity (Wildman–Crippen MR) is 154 cm³/mol. The van der Waals surface area contributed by atoms with Gasteiger partial charge in [0, 0.05) is 13.1 Å². The molecule has 5 rings (SSSR count). The summed E-state index contributed by atoms with van der Waals surface area (Å²) in [5.74, 6) is -2.06. The molecule has 0 spiro atoms. The zero-order valence-corrected chi connectivity index (χ0v) is 24.3. The first kappa shape index (κ1) is 31.3. The fourth-order valence-electron chi connectivity index (χ4n) is 6.26. The Morgan fingerprint density at radius 3 is 2.02 bits per heavy atom. The molecule has 0 N–H and O–H groups in total. The molecule has 0 unspecified atom stereocenters. The minimum absolute atomic E-state index is 0.289. The second-order valence-electron chi connectivity index (χ2n) is 11.1. The summed E-state index contributed by atoms with van der Waals surface area (Å²) in [6.07, 6.45) is -3.35. The summed E-state index contributed by atoms with van der Waals surface area (Å²) in [7, 11) is 1.29. The van der Waals surface area contributed by atoms with Crippen LogP contribution in [0.15, 0.2) is 77.8 Å². The number of esters is 1. The second kappa shape index (κ2) is 12.5. The normalized spacial score (nSPS) is 20.5. The van der Waals surface area contributed by atoms with E-state index in [4.69, 9.17) is 9.73 Å². The van der Waals surface area contributed by atoms with Crippen molar-refractivity contribution in [2.75, 3.05) is 33.3 Å². The molecular formula is C33H32F5N3O3. The number of hydrogen-bond donors (Lipinski definition) is 0. The molecule has 0 bridgehead atoms. The van der Waals surface area contributed by atoms with Crippen molar-refractivity contribution >= 4 is 17.7 Å². The molecule has 1 saturated heterocycles. The van der Waals surface area contributed by atoms with Crippen molar-refractivity contribution in [3.63, 3.8) is 0 Å². The molecule has 2 aliphatic rings. The summed E-state index contributed by atoms with van der Waals surface area (Å²) in [4.78, 5) is 35.2. The molecule has 6 nitrogen and oxygen atoms in total. The van der Waals surface area contributed by atoms with Gasteiger partial charge in [0.15, 0.2) is 5.54 Å². The van der Waals surface area contributed by atoms with Crippen molar-refractivity contribution in [1.29, 1.82) is 0 Å². The van der Waals surface area contributed by atoms with Crippen LogP contribution in [-0.2, 0) is 26.0 Å². The van der Waals surface area contributed by atoms with Gasteiger partial charge in [0.2, 0.25) is 0 Å². The van der Waals surface area contributed by atoms with Gasteiger partial charge in [-0.15, -0.1) is 0 Å². The third-order valence-electron chi connectivity index (χ3n) is 8.52. The molecule has 11 heteroatoms. The quantitative estimate of drug-likeness (QED) is 0.226. The number of benzene rings is 3. The van der Waals surface area contributed by atoms with Crippen LogP contribution in [0.25, 0.3) is 0 Å². The van der Waals surface area contributed by atoms with Crippen molar-refractivity contribution < 1.29 is 36.3 Å². The fourth-order valence-corrected chi connectivity index (χ4v) is 6.26. The standard InChI is InChI=1S/C33H32F5N3O3/c1-21-39-32(23-8-12-26(34)13-9-23,24-10-14-27(35)15-11-24)31(43)41(21)18-3-17-40-19-16-28(29(20-40)30(42)44-2)22-4-6-25(7-5-22)33(36,37)38/h4-15,28-29H,3,16-20H2,1-2H3/t28-,29-/m1/s1. The number of carbonyl (C=O) groups is 2. The van der Waals surface area contributed by atoms with Crippen LogP contribution >= 0.6 is 0 Å². The summed E-state index contributed by atoms with van der Waals surface area (Å²) >= 11 is 0. The first-order chi connectivity index (χ1) is 20.9. The molecule has 0 radical (unpaired) electrons. The maximum absolute atomic E-state index is 14.0. The van der Waals surface area contributed by atoms with E-state index < -0.39 is 40.8 Å². The van der Waals surface area contributed by atoms with E-state index >= 15 is 0 Å². The summed E-state index contributed by atoms with van der Waals surface area (Å²) in [5.41, 5.74) is -0.652. The highest BCUT2D eigenvalue weighted by Gasteiger charge is 2.50. The highest BCUT2D eigenvalue weighted by Crippen LogP contribution is 2.41. The highest BCUT2D eigenvalue weighted by atomic mass is 19.4. The Balaban J connectivity index is 1.28. The van der Waals surface area contributed by atoms with E-state index in [0.717, 1.165) is 12.1 Å². The molecule has 232 valence electrons. The number of piperidine rings is 1. The summed E-state index contributed by atoms with van der Waals surface area (Å²) < 4.78 is 71.8. The lowest BCUT2D eigenvalue weighted by Gasteiger charge is -2.37. The van der Waals surface area contributed by atoms with Gasteiger partial charge in [-0.25, -0.2) is 13.8 Å². The van der Waals surface area contributed by atoms with Gasteiger partial charge >= 0.3 is 12.1 Å². The molecule has 1 fully saturated rings. The lowest BCUT2D eigenvalue weighted by Crippen LogP contribution is -2.45. The van der Waals surface area contributed by atoms with Gasteiger partial charge in [0.05, 0.1) is 18.6 Å². The van der Waals surface area contributed by atoms with Gasteiger partial charge in [-0.3, -0.25) is 14.5 Å². The molecule has 2 atom stereocenters. The molecule has 3 aromatic carbocycles. The number of aliphatic imine (C=N–C) groups is 1. The van der Waals surface area contributed by atoms with Crippen LogP contribution < -0.4 is 0 Å². The lowest BCUT2D eigenvalue weighted by molar-refractivity contribution is -0.148. The van der Waals surface area contributed by atoms with E-state index in [2.05, 4.69) is 4.90 Å². The second-order valence-corrected chi connectivity index (χ2v) is 11.1. The average Bonchev–Trinajstić information content (AvgIpc) is 3.26. The van der Waals surface area contributed by atoms with E-state index in [1.54, 1.807) is 11.8 Å². The molecule has 0 aliphatic carbocycles. The van der Waals surface area contributed by atoms with Crippen molar-refractivity contribution in [3.05, 3.63) is 107 Å². The number of methoxy groups -OCH3 is 1. The first-order valence-electron chi connectivity index (χ1n) is 14.3. The van der Waals surface area contributed by atoms with Crippen LogP contribution in [0.1, 0.15) is 47.9 Å². The monoisotopic (exact) mass is 613 g/mol. The SMILES string of the molecule is COC(=O)[C@@H]1CN(CCCN2C(=O)C(c3ccc(F)cc3)(c3ccc(F)cc3)N=C2C)CC[C@@H]1c1ccc(C(F)(F)F)cc1. The molecular weight excluding hydrogens is 581 g/mol. The van der Waals surface area contributed by atoms with Gasteiger partial charge < -0.3 is 9.64 Å². The van der Waals surface area contributed by atoms with Crippen LogP contribution in [0, 0.1) is 17.6 Å². The molecule has 0 aromatic heterocycles. The van der Waals surface area contributed by atoms with Crippen LogP contribution in [0.2, 0.25) is 0 Å². The zero-order chi connectivity index (χ0) is 31.6. The molecule has 2 heterocycles. The minimum atomic E-state index is -4.44. The van der Waals surface area contributed by atoms with Crippen LogP contribution in [0.4, 0.5) is 22.0 Å². The molecule has 3 aromatic rings. The zero-order valence-electron chi connectivity index (χ0n) is 24.3. The Kier molecular flexibility index (Phi) is 8.88. The topological polar surface area (TPSA) is 62.2 Å². The third-order valence-corrected chi connectivity index (χ3v) is 8.52. The maximum atomic E-state index is 14.0. The number of ether oxygens (including phenoxy) is 1. The summed E-state index contributed by atoms with van der Waals surface area (Å²) in [6, 6.07) is 16.0. The van der Waals surface area contributed by atoms with E-state index in [1.165, 1.54) is 67.8 Å². The third kappa shape index (κ3) is 6.10. The summed E-state index contributed by atoms with van der Waals surface area (Å²) in [5, 5.41) is 0. The fraction of sp³-hybridized carbons (Fsp3) is 0.364. The Hall–Kier alpha value is -4.12. The Morgan fingerprint density at radius 1 is 0.932 bits per heavy atom. The van der Waals surface area contributed by atoms with Gasteiger partial charge in [-0.05, 0) is 91.9 Å². The van der Waals surface area contributed by atoms with Crippen LogP contribution in [-0.4, -0.2) is 60.8 Å². The number of nitrogens with zero attached hydrogens (tertiary/aromatic N) is 3. The molecule has 0 saturated carbocycles. The van der Waals surface area contributed by atoms with E-state index in [0.29, 0.717) is 61.5 Å². The molecule has 2 aliphatic heterocycles. The minimum Gasteiger partial charge on any atom is -0.469 e. The van der Waals surface area contributed by atoms with Gasteiger partial charge in [-0.1, -0.05) is 36.4 Å². The van der Waals surface area contributed by atoms with Crippen LogP contribution in [0.5, 0.6) is 0 Å². The van der Waals surface area contributed by atoms with Gasteiger partial charge in [0.1, 0.15) is 17.5 Å². The summed E-state index contributed by atoms with van der Waals surface area (Å²) in [6.45, 7) is 3.55. The number of amides is 1.